The van der Waals surface area contributed by atoms with Gasteiger partial charge in [0.25, 0.3) is 0 Å². The van der Waals surface area contributed by atoms with Crippen LogP contribution in [0.3, 0.4) is 0 Å². The van der Waals surface area contributed by atoms with E-state index in [9.17, 15) is 9.59 Å². The number of hydrogen-bond acceptors (Lipinski definition) is 5. The molecule has 0 aromatic carbocycles. The van der Waals surface area contributed by atoms with Crippen molar-refractivity contribution in [2.24, 2.45) is 5.92 Å². The topological polar surface area (TPSA) is 61.8 Å². The lowest BCUT2D eigenvalue weighted by atomic mass is 9.92. The number of esters is 2. The number of hydrogen-bond donors (Lipinski definition) is 0. The fourth-order valence-corrected chi connectivity index (χ4v) is 1.70. The molecule has 0 saturated heterocycles. The van der Waals surface area contributed by atoms with Gasteiger partial charge < -0.3 is 14.2 Å². The second-order valence-electron chi connectivity index (χ2n) is 3.98. The molecule has 0 saturated carbocycles. The second-order valence-corrected chi connectivity index (χ2v) is 3.98. The Balaban J connectivity index is 2.95. The van der Waals surface area contributed by atoms with Gasteiger partial charge in [-0.15, -0.1) is 0 Å². The Kier molecular flexibility index (Phi) is 6.56. The molecule has 0 bridgehead atoms. The Morgan fingerprint density at radius 2 is 1.85 bits per heavy atom. The van der Waals surface area contributed by atoms with E-state index in [1.54, 1.807) is 32.1 Å². The van der Waals surface area contributed by atoms with Crippen molar-refractivity contribution in [1.29, 1.82) is 0 Å². The van der Waals surface area contributed by atoms with Crippen molar-refractivity contribution < 1.29 is 23.8 Å². The third kappa shape index (κ3) is 4.26. The Labute approximate surface area is 118 Å². The van der Waals surface area contributed by atoms with E-state index in [0.29, 0.717) is 31.0 Å². The number of ether oxygens (including phenoxy) is 3. The monoisotopic (exact) mass is 280 g/mol. The van der Waals surface area contributed by atoms with Gasteiger partial charge in [0.2, 0.25) is 0 Å². The molecule has 20 heavy (non-hydrogen) atoms. The maximum Gasteiger partial charge on any atom is 0.338 e. The molecule has 0 fully saturated rings. The van der Waals surface area contributed by atoms with E-state index in [0.717, 1.165) is 0 Å². The molecule has 0 aliphatic heterocycles. The predicted octanol–water partition coefficient (Wildman–Crippen LogP) is 2.15. The first-order chi connectivity index (χ1) is 9.63. The molecule has 5 heteroatoms. The van der Waals surface area contributed by atoms with E-state index in [1.165, 1.54) is 6.26 Å². The minimum atomic E-state index is -0.556. The fraction of sp³-hybridized carbons (Fsp3) is 0.467. The molecule has 1 atom stereocenters. The molecule has 1 aliphatic carbocycles. The van der Waals surface area contributed by atoms with Gasteiger partial charge in [-0.2, -0.15) is 0 Å². The highest BCUT2D eigenvalue weighted by Crippen LogP contribution is 2.24. The van der Waals surface area contributed by atoms with Crippen LogP contribution in [0, 0.1) is 5.92 Å². The first kappa shape index (κ1) is 16.0. The molecule has 0 amide bonds. The lowest BCUT2D eigenvalue weighted by Crippen LogP contribution is -2.21. The van der Waals surface area contributed by atoms with Gasteiger partial charge in [-0.1, -0.05) is 12.2 Å². The average Bonchev–Trinajstić information content (AvgIpc) is 2.45. The standard InChI is InChI=1S/C15H20O5/c1-4-18-10-12-9-11(14(16)19-5-2)7-8-13(12)15(17)20-6-3/h7-10,13H,4-6H2,1-3H3. The third-order valence-electron chi connectivity index (χ3n) is 2.59. The van der Waals surface area contributed by atoms with Crippen LogP contribution in [0.1, 0.15) is 20.8 Å². The Morgan fingerprint density at radius 3 is 2.45 bits per heavy atom. The van der Waals surface area contributed by atoms with Crippen LogP contribution in [-0.2, 0) is 23.8 Å². The molecular weight excluding hydrogens is 260 g/mol. The summed E-state index contributed by atoms with van der Waals surface area (Å²) in [6.07, 6.45) is 6.26. The summed E-state index contributed by atoms with van der Waals surface area (Å²) in [6, 6.07) is 0. The molecule has 0 aromatic rings. The van der Waals surface area contributed by atoms with Gasteiger partial charge in [0.05, 0.1) is 31.7 Å². The smallest absolute Gasteiger partial charge is 0.338 e. The van der Waals surface area contributed by atoms with Crippen LogP contribution in [-0.4, -0.2) is 31.8 Å². The second kappa shape index (κ2) is 8.19. The van der Waals surface area contributed by atoms with Crippen LogP contribution < -0.4 is 0 Å². The molecule has 5 nitrogen and oxygen atoms in total. The van der Waals surface area contributed by atoms with Crippen LogP contribution >= 0.6 is 0 Å². The first-order valence-electron chi connectivity index (χ1n) is 6.69. The van der Waals surface area contributed by atoms with Gasteiger partial charge in [0.1, 0.15) is 5.92 Å². The summed E-state index contributed by atoms with van der Waals surface area (Å²) < 4.78 is 15.2. The molecule has 1 aliphatic rings. The number of allylic oxidation sites excluding steroid dienone is 1. The van der Waals surface area contributed by atoms with Crippen molar-refractivity contribution in [2.75, 3.05) is 19.8 Å². The first-order valence-corrected chi connectivity index (χ1v) is 6.69. The van der Waals surface area contributed by atoms with E-state index in [2.05, 4.69) is 0 Å². The molecule has 1 unspecified atom stereocenters. The maximum atomic E-state index is 11.9. The highest BCUT2D eigenvalue weighted by molar-refractivity contribution is 5.94. The van der Waals surface area contributed by atoms with Crippen molar-refractivity contribution >= 4 is 11.9 Å². The van der Waals surface area contributed by atoms with Crippen LogP contribution in [0.5, 0.6) is 0 Å². The molecule has 0 radical (unpaired) electrons. The summed E-state index contributed by atoms with van der Waals surface area (Å²) in [5.41, 5.74) is 0.967. The maximum absolute atomic E-state index is 11.9. The fourth-order valence-electron chi connectivity index (χ4n) is 1.70. The minimum Gasteiger partial charge on any atom is -0.501 e. The lowest BCUT2D eigenvalue weighted by molar-refractivity contribution is -0.145. The van der Waals surface area contributed by atoms with Crippen LogP contribution in [0.15, 0.2) is 35.6 Å². The van der Waals surface area contributed by atoms with Gasteiger partial charge in [0.15, 0.2) is 0 Å². The zero-order valence-electron chi connectivity index (χ0n) is 12.0. The molecule has 0 spiro atoms. The SMILES string of the molecule is CCOC=C1C=C(C(=O)OCC)C=CC1C(=O)OCC. The summed E-state index contributed by atoms with van der Waals surface area (Å²) in [7, 11) is 0. The van der Waals surface area contributed by atoms with E-state index in [4.69, 9.17) is 14.2 Å². The quantitative estimate of drug-likeness (QED) is 0.551. The van der Waals surface area contributed by atoms with E-state index >= 15 is 0 Å². The summed E-state index contributed by atoms with van der Waals surface area (Å²) in [4.78, 5) is 23.6. The summed E-state index contributed by atoms with van der Waals surface area (Å²) in [5.74, 6) is -1.35. The lowest BCUT2D eigenvalue weighted by Gasteiger charge is -2.17. The van der Waals surface area contributed by atoms with Crippen molar-refractivity contribution in [1.82, 2.24) is 0 Å². The average molecular weight is 280 g/mol. The van der Waals surface area contributed by atoms with Gasteiger partial charge in [-0.3, -0.25) is 4.79 Å². The van der Waals surface area contributed by atoms with Crippen LogP contribution in [0.2, 0.25) is 0 Å². The van der Waals surface area contributed by atoms with Crippen LogP contribution in [0.4, 0.5) is 0 Å². The molecule has 1 rings (SSSR count). The highest BCUT2D eigenvalue weighted by Gasteiger charge is 2.25. The Morgan fingerprint density at radius 1 is 1.15 bits per heavy atom. The van der Waals surface area contributed by atoms with Gasteiger partial charge in [0, 0.05) is 5.57 Å². The summed E-state index contributed by atoms with van der Waals surface area (Å²) >= 11 is 0. The van der Waals surface area contributed by atoms with E-state index < -0.39 is 11.9 Å². The molecule has 0 N–H and O–H groups in total. The van der Waals surface area contributed by atoms with Gasteiger partial charge in [-0.25, -0.2) is 4.79 Å². The van der Waals surface area contributed by atoms with Crippen molar-refractivity contribution in [3.63, 3.8) is 0 Å². The number of carbonyl (C=O) groups is 2. The minimum absolute atomic E-state index is 0.301. The van der Waals surface area contributed by atoms with Crippen LogP contribution in [0.25, 0.3) is 0 Å². The van der Waals surface area contributed by atoms with E-state index in [-0.39, 0.29) is 5.97 Å². The largest absolute Gasteiger partial charge is 0.501 e. The molecular formula is C15H20O5. The van der Waals surface area contributed by atoms with Crippen molar-refractivity contribution in [3.05, 3.63) is 35.6 Å². The normalized spacial score (nSPS) is 19.4. The molecule has 0 heterocycles. The predicted molar refractivity (Wildman–Crippen MR) is 73.7 cm³/mol. The van der Waals surface area contributed by atoms with E-state index in [1.807, 2.05) is 6.92 Å². The Hall–Kier alpha value is -2.04. The highest BCUT2D eigenvalue weighted by atomic mass is 16.5. The Bertz CT molecular complexity index is 445. The molecule has 0 aromatic heterocycles. The summed E-state index contributed by atoms with van der Waals surface area (Å²) in [5, 5.41) is 0. The summed E-state index contributed by atoms with van der Waals surface area (Å²) in [6.45, 7) is 6.41. The van der Waals surface area contributed by atoms with Gasteiger partial charge >= 0.3 is 11.9 Å². The zero-order chi connectivity index (χ0) is 15.0. The number of rotatable bonds is 6. The zero-order valence-corrected chi connectivity index (χ0v) is 12.0. The number of carbonyl (C=O) groups excluding carboxylic acids is 2. The third-order valence-corrected chi connectivity index (χ3v) is 2.59. The van der Waals surface area contributed by atoms with Gasteiger partial charge in [-0.05, 0) is 26.8 Å². The molecule has 110 valence electrons. The van der Waals surface area contributed by atoms with Crippen molar-refractivity contribution in [2.45, 2.75) is 20.8 Å². The van der Waals surface area contributed by atoms with Crippen molar-refractivity contribution in [3.8, 4) is 0 Å².